The third-order valence-electron chi connectivity index (χ3n) is 9.09. The van der Waals surface area contributed by atoms with Crippen LogP contribution in [0.25, 0.3) is 0 Å². The minimum Gasteiger partial charge on any atom is -0.339 e. The van der Waals surface area contributed by atoms with E-state index in [0.29, 0.717) is 25.8 Å². The van der Waals surface area contributed by atoms with Crippen molar-refractivity contribution in [2.24, 2.45) is 10.8 Å². The fraction of sp³-hybridized carbons (Fsp3) is 0.654. The maximum atomic E-state index is 14.3. The summed E-state index contributed by atoms with van der Waals surface area (Å²) in [6.07, 6.45) is 7.39. The van der Waals surface area contributed by atoms with Crippen molar-refractivity contribution in [3.8, 4) is 0 Å². The Bertz CT molecular complexity index is 1070. The summed E-state index contributed by atoms with van der Waals surface area (Å²) in [6.45, 7) is 4.88. The number of benzene rings is 1. The maximum Gasteiger partial charge on any atom is 0.233 e. The molecule has 0 spiro atoms. The second kappa shape index (κ2) is 7.12. The minimum absolute atomic E-state index is 0.0129. The summed E-state index contributed by atoms with van der Waals surface area (Å²) in [5, 5.41) is 4.22. The van der Waals surface area contributed by atoms with Crippen LogP contribution in [0.2, 0.25) is 0 Å². The van der Waals surface area contributed by atoms with E-state index in [9.17, 15) is 9.18 Å². The summed E-state index contributed by atoms with van der Waals surface area (Å²) < 4.78 is 21.0. The van der Waals surface area contributed by atoms with E-state index in [1.807, 2.05) is 29.2 Å². The third-order valence-corrected chi connectivity index (χ3v) is 9.58. The van der Waals surface area contributed by atoms with Crippen molar-refractivity contribution in [3.63, 3.8) is 0 Å². The molecule has 5 nitrogen and oxygen atoms in total. The molecular weight excluding hydrogens is 485 g/mol. The van der Waals surface area contributed by atoms with E-state index in [1.54, 1.807) is 0 Å². The van der Waals surface area contributed by atoms with Crippen LogP contribution in [0.15, 0.2) is 33.3 Å². The quantitative estimate of drug-likeness (QED) is 0.442. The lowest BCUT2D eigenvalue weighted by Gasteiger charge is -2.65. The van der Waals surface area contributed by atoms with Gasteiger partial charge in [-0.3, -0.25) is 4.79 Å². The van der Waals surface area contributed by atoms with E-state index in [4.69, 9.17) is 9.51 Å². The van der Waals surface area contributed by atoms with Crippen molar-refractivity contribution in [1.82, 2.24) is 10.1 Å². The van der Waals surface area contributed by atoms with Crippen LogP contribution in [0, 0.1) is 10.8 Å². The van der Waals surface area contributed by atoms with Crippen LogP contribution < -0.4 is 4.90 Å². The Morgan fingerprint density at radius 1 is 1.15 bits per heavy atom. The SMILES string of the molecule is CC(C)c1noc(C23CCC(CN(C(=O)C45CC(F)(C4)C5)c4cccc(Br)c4)(CC2)CC3)n1. The Morgan fingerprint density at radius 2 is 1.82 bits per heavy atom. The van der Waals surface area contributed by atoms with Crippen LogP contribution in [0.5, 0.6) is 0 Å². The molecule has 6 aliphatic rings. The molecule has 0 saturated heterocycles. The molecule has 8 rings (SSSR count). The zero-order chi connectivity index (χ0) is 23.1. The van der Waals surface area contributed by atoms with Crippen LogP contribution >= 0.6 is 15.9 Å². The number of aromatic nitrogens is 2. The van der Waals surface area contributed by atoms with Gasteiger partial charge in [0.05, 0.1) is 5.41 Å². The average Bonchev–Trinajstić information content (AvgIpc) is 3.27. The van der Waals surface area contributed by atoms with Crippen LogP contribution in [0.4, 0.5) is 10.1 Å². The maximum absolute atomic E-state index is 14.3. The van der Waals surface area contributed by atoms with Crippen LogP contribution in [-0.4, -0.2) is 28.3 Å². The monoisotopic (exact) mass is 515 g/mol. The number of fused-ring (bicyclic) bond motifs is 3. The predicted octanol–water partition coefficient (Wildman–Crippen LogP) is 6.47. The fourth-order valence-corrected chi connectivity index (χ4v) is 7.33. The molecule has 33 heavy (non-hydrogen) atoms. The molecular formula is C26H31BrFN3O2. The van der Waals surface area contributed by atoms with Crippen LogP contribution in [0.3, 0.4) is 0 Å². The molecule has 6 saturated carbocycles. The van der Waals surface area contributed by atoms with Crippen molar-refractivity contribution >= 4 is 27.5 Å². The molecule has 7 heteroatoms. The summed E-state index contributed by atoms with van der Waals surface area (Å²) in [6, 6.07) is 7.99. The van der Waals surface area contributed by atoms with E-state index in [2.05, 4.69) is 34.9 Å². The lowest BCUT2D eigenvalue weighted by molar-refractivity contribution is -0.211. The van der Waals surface area contributed by atoms with Crippen molar-refractivity contribution in [2.45, 2.75) is 88.6 Å². The Hall–Kier alpha value is -1.76. The third kappa shape index (κ3) is 3.32. The van der Waals surface area contributed by atoms with Gasteiger partial charge in [-0.25, -0.2) is 4.39 Å². The van der Waals surface area contributed by atoms with Crippen molar-refractivity contribution < 1.29 is 13.7 Å². The number of rotatable bonds is 6. The Kier molecular flexibility index (Phi) is 4.70. The highest BCUT2D eigenvalue weighted by molar-refractivity contribution is 9.10. The fourth-order valence-electron chi connectivity index (χ4n) is 6.94. The van der Waals surface area contributed by atoms with Gasteiger partial charge in [0, 0.05) is 28.0 Å². The summed E-state index contributed by atoms with van der Waals surface area (Å²) in [5.41, 5.74) is -0.552. The first kappa shape index (κ1) is 21.8. The Balaban J connectivity index is 1.24. The van der Waals surface area contributed by atoms with E-state index in [1.165, 1.54) is 0 Å². The highest BCUT2D eigenvalue weighted by atomic mass is 79.9. The van der Waals surface area contributed by atoms with Gasteiger partial charge in [-0.1, -0.05) is 41.0 Å². The molecule has 0 N–H and O–H groups in total. The number of hydrogen-bond acceptors (Lipinski definition) is 4. The predicted molar refractivity (Wildman–Crippen MR) is 127 cm³/mol. The average molecular weight is 516 g/mol. The highest BCUT2D eigenvalue weighted by Gasteiger charge is 2.73. The summed E-state index contributed by atoms with van der Waals surface area (Å²) in [4.78, 5) is 20.5. The van der Waals surface area contributed by atoms with Gasteiger partial charge < -0.3 is 9.42 Å². The molecule has 6 aliphatic carbocycles. The van der Waals surface area contributed by atoms with Gasteiger partial charge in [-0.2, -0.15) is 4.98 Å². The van der Waals surface area contributed by atoms with E-state index in [0.717, 1.165) is 60.4 Å². The van der Waals surface area contributed by atoms with Crippen molar-refractivity contribution in [1.29, 1.82) is 0 Å². The number of hydrogen-bond donors (Lipinski definition) is 0. The summed E-state index contributed by atoms with van der Waals surface area (Å²) in [5.74, 6) is 1.98. The minimum atomic E-state index is -1.08. The molecule has 1 amide bonds. The van der Waals surface area contributed by atoms with Gasteiger partial charge in [0.15, 0.2) is 5.82 Å². The smallest absolute Gasteiger partial charge is 0.233 e. The molecule has 0 atom stereocenters. The normalized spacial score (nSPS) is 36.4. The Morgan fingerprint density at radius 3 is 2.36 bits per heavy atom. The number of carbonyl (C=O) groups is 1. The highest BCUT2D eigenvalue weighted by Crippen LogP contribution is 2.70. The molecule has 0 aliphatic heterocycles. The van der Waals surface area contributed by atoms with Crippen LogP contribution in [0.1, 0.15) is 89.3 Å². The molecule has 1 aromatic heterocycles. The Labute approximate surface area is 202 Å². The molecule has 6 fully saturated rings. The van der Waals surface area contributed by atoms with Gasteiger partial charge >= 0.3 is 0 Å². The summed E-state index contributed by atoms with van der Waals surface area (Å²) in [7, 11) is 0. The standard InChI is InChI=1S/C26H31BrFN3O2/c1-17(2)20-29-21(33-30-20)24-9-6-23(7-10-24,8-11-24)16-31(19-5-3-4-18(27)12-19)22(32)25-13-26(28,14-25)15-25/h3-5,12,17H,6-11,13-16H2,1-2H3. The number of carbonyl (C=O) groups excluding carboxylic acids is 1. The molecule has 4 bridgehead atoms. The van der Waals surface area contributed by atoms with E-state index >= 15 is 0 Å². The second-order valence-corrected chi connectivity index (χ2v) is 12.6. The second-order valence-electron chi connectivity index (χ2n) is 11.7. The van der Waals surface area contributed by atoms with Gasteiger partial charge in [-0.15, -0.1) is 0 Å². The largest absolute Gasteiger partial charge is 0.339 e. The first-order chi connectivity index (χ1) is 15.7. The van der Waals surface area contributed by atoms with Crippen LogP contribution in [-0.2, 0) is 10.2 Å². The zero-order valence-electron chi connectivity index (χ0n) is 19.4. The van der Waals surface area contributed by atoms with Gasteiger partial charge in [0.25, 0.3) is 0 Å². The first-order valence-electron chi connectivity index (χ1n) is 12.3. The van der Waals surface area contributed by atoms with E-state index in [-0.39, 0.29) is 22.7 Å². The van der Waals surface area contributed by atoms with Crippen molar-refractivity contribution in [3.05, 3.63) is 40.5 Å². The van der Waals surface area contributed by atoms with E-state index < -0.39 is 11.1 Å². The molecule has 0 radical (unpaired) electrons. The number of nitrogens with zero attached hydrogens (tertiary/aromatic N) is 3. The first-order valence-corrected chi connectivity index (χ1v) is 13.1. The molecule has 1 aromatic carbocycles. The van der Waals surface area contributed by atoms with Gasteiger partial charge in [-0.05, 0) is 81.4 Å². The summed E-state index contributed by atoms with van der Waals surface area (Å²) >= 11 is 3.57. The number of halogens is 2. The van der Waals surface area contributed by atoms with Crippen molar-refractivity contribution in [2.75, 3.05) is 11.4 Å². The van der Waals surface area contributed by atoms with Gasteiger partial charge in [0.1, 0.15) is 5.67 Å². The van der Waals surface area contributed by atoms with Gasteiger partial charge in [0.2, 0.25) is 11.8 Å². The molecule has 0 unspecified atom stereocenters. The zero-order valence-corrected chi connectivity index (χ0v) is 21.0. The topological polar surface area (TPSA) is 59.2 Å². The molecule has 1 heterocycles. The number of amides is 1. The number of alkyl halides is 1. The number of anilines is 1. The lowest BCUT2D eigenvalue weighted by Crippen LogP contribution is -2.71. The lowest BCUT2D eigenvalue weighted by atomic mass is 9.41. The molecule has 2 aromatic rings. The molecule has 176 valence electrons.